The Kier molecular flexibility index (Phi) is 8.46. The number of nitrogens with one attached hydrogen (secondary N) is 2. The number of carbonyl (C=O) groups is 1. The second kappa shape index (κ2) is 11.8. The molecule has 0 atom stereocenters. The zero-order valence-electron chi connectivity index (χ0n) is 21.2. The first-order chi connectivity index (χ1) is 18.5. The number of nitrogens with zero attached hydrogens (tertiary/aromatic N) is 3. The molecule has 0 radical (unpaired) electrons. The number of nitrogens with two attached hydrogens (primary N) is 1. The van der Waals surface area contributed by atoms with Crippen molar-refractivity contribution >= 4 is 23.6 Å². The summed E-state index contributed by atoms with van der Waals surface area (Å²) >= 11 is 0. The Morgan fingerprint density at radius 2 is 1.87 bits per heavy atom. The fourth-order valence-corrected chi connectivity index (χ4v) is 4.21. The molecule has 0 bridgehead atoms. The van der Waals surface area contributed by atoms with Crippen molar-refractivity contribution < 1.29 is 27.1 Å². The fourth-order valence-electron chi connectivity index (χ4n) is 4.21. The first kappa shape index (κ1) is 28.0. The molecule has 1 fully saturated rings. The summed E-state index contributed by atoms with van der Waals surface area (Å²) < 4.78 is 61.3. The molecule has 3 aromatic rings. The number of hydrogen-bond donors (Lipinski definition) is 3. The smallest absolute Gasteiger partial charge is 0.416 e. The van der Waals surface area contributed by atoms with E-state index in [1.807, 2.05) is 11.9 Å². The van der Waals surface area contributed by atoms with Crippen molar-refractivity contribution in [1.82, 2.24) is 14.8 Å². The van der Waals surface area contributed by atoms with E-state index in [9.17, 15) is 22.4 Å². The van der Waals surface area contributed by atoms with E-state index >= 15 is 0 Å². The summed E-state index contributed by atoms with van der Waals surface area (Å²) in [5.74, 6) is -1.52. The number of nitrogen functional groups attached to an aromatic ring is 1. The molecule has 1 aliphatic heterocycles. The number of likely N-dealkylation sites (N-methyl/N-ethyl adjacent to an activating group) is 1. The van der Waals surface area contributed by atoms with Crippen LogP contribution in [-0.4, -0.2) is 66.7 Å². The van der Waals surface area contributed by atoms with Crippen molar-refractivity contribution in [3.63, 3.8) is 0 Å². The van der Waals surface area contributed by atoms with Gasteiger partial charge in [0.15, 0.2) is 18.2 Å². The van der Waals surface area contributed by atoms with E-state index < -0.39 is 30.1 Å². The SMILES string of the molecule is CN1CCN(Cc2ccc(NC(=O)COc3ccc(-c4cnc(N)c(C=N)c4)cc3F)cc2C(F)(F)F)CC1. The van der Waals surface area contributed by atoms with Crippen LogP contribution < -0.4 is 15.8 Å². The molecule has 1 amide bonds. The third kappa shape index (κ3) is 7.09. The normalized spacial score (nSPS) is 14.7. The number of aromatic nitrogens is 1. The number of ether oxygens (including phenoxy) is 1. The second-order valence-electron chi connectivity index (χ2n) is 9.27. The predicted molar refractivity (Wildman–Crippen MR) is 140 cm³/mol. The Morgan fingerprint density at radius 1 is 1.13 bits per heavy atom. The summed E-state index contributed by atoms with van der Waals surface area (Å²) in [6, 6.07) is 9.33. The number of anilines is 2. The third-order valence-corrected chi connectivity index (χ3v) is 6.42. The lowest BCUT2D eigenvalue weighted by molar-refractivity contribution is -0.138. The maximum Gasteiger partial charge on any atom is 0.416 e. The Balaban J connectivity index is 1.40. The third-order valence-electron chi connectivity index (χ3n) is 6.42. The maximum absolute atomic E-state index is 14.6. The molecular weight excluding hydrogens is 516 g/mol. The van der Waals surface area contributed by atoms with E-state index in [1.165, 1.54) is 30.5 Å². The topological polar surface area (TPSA) is 108 Å². The predicted octanol–water partition coefficient (Wildman–Crippen LogP) is 4.25. The van der Waals surface area contributed by atoms with E-state index in [1.54, 1.807) is 12.1 Å². The van der Waals surface area contributed by atoms with Crippen molar-refractivity contribution in [2.24, 2.45) is 0 Å². The van der Waals surface area contributed by atoms with Crippen molar-refractivity contribution in [2.75, 3.05) is 50.9 Å². The van der Waals surface area contributed by atoms with Gasteiger partial charge in [-0.05, 0) is 48.5 Å². The highest BCUT2D eigenvalue weighted by molar-refractivity contribution is 5.92. The highest BCUT2D eigenvalue weighted by Gasteiger charge is 2.34. The van der Waals surface area contributed by atoms with Crippen molar-refractivity contribution in [1.29, 1.82) is 5.41 Å². The van der Waals surface area contributed by atoms with Crippen LogP contribution in [0.5, 0.6) is 5.75 Å². The molecule has 12 heteroatoms. The molecule has 1 aromatic heterocycles. The monoisotopic (exact) mass is 544 g/mol. The highest BCUT2D eigenvalue weighted by atomic mass is 19.4. The zero-order valence-corrected chi connectivity index (χ0v) is 21.2. The Hall–Kier alpha value is -4.03. The minimum Gasteiger partial charge on any atom is -0.481 e. The molecule has 0 saturated carbocycles. The van der Waals surface area contributed by atoms with Crippen molar-refractivity contribution in [3.8, 4) is 16.9 Å². The minimum atomic E-state index is -4.59. The molecule has 8 nitrogen and oxygen atoms in total. The largest absolute Gasteiger partial charge is 0.481 e. The standard InChI is InChI=1S/C27H28F4N6O2/c1-36-6-8-37(9-7-36)15-18-2-4-21(12-22(18)27(29,30)31)35-25(38)16-39-24-5-3-17(11-23(24)28)20-10-19(13-32)26(33)34-14-20/h2-5,10-14,32H,6-9,15-16H2,1H3,(H2,33,34)(H,35,38). The van der Waals surface area contributed by atoms with Crippen LogP contribution in [0.3, 0.4) is 0 Å². The van der Waals surface area contributed by atoms with Gasteiger partial charge in [-0.3, -0.25) is 9.69 Å². The van der Waals surface area contributed by atoms with Gasteiger partial charge in [0.25, 0.3) is 5.91 Å². The van der Waals surface area contributed by atoms with E-state index in [0.717, 1.165) is 25.4 Å². The lowest BCUT2D eigenvalue weighted by Gasteiger charge is -2.33. The maximum atomic E-state index is 14.6. The molecule has 4 N–H and O–H groups in total. The van der Waals surface area contributed by atoms with Gasteiger partial charge in [-0.1, -0.05) is 12.1 Å². The number of benzene rings is 2. The van der Waals surface area contributed by atoms with E-state index in [0.29, 0.717) is 29.8 Å². The Morgan fingerprint density at radius 3 is 2.54 bits per heavy atom. The van der Waals surface area contributed by atoms with Gasteiger partial charge in [-0.2, -0.15) is 13.2 Å². The number of hydrogen-bond acceptors (Lipinski definition) is 7. The van der Waals surface area contributed by atoms with E-state index in [-0.39, 0.29) is 29.4 Å². The number of piperazine rings is 1. The van der Waals surface area contributed by atoms with E-state index in [2.05, 4.69) is 15.2 Å². The van der Waals surface area contributed by atoms with Crippen LogP contribution in [0, 0.1) is 11.2 Å². The van der Waals surface area contributed by atoms with Crippen LogP contribution in [-0.2, 0) is 17.5 Å². The number of carbonyl (C=O) groups excluding carboxylic acids is 1. The second-order valence-corrected chi connectivity index (χ2v) is 9.27. The molecule has 0 aliphatic carbocycles. The fraction of sp³-hybridized carbons (Fsp3) is 0.296. The molecule has 2 aromatic carbocycles. The van der Waals surface area contributed by atoms with Crippen LogP contribution in [0.4, 0.5) is 29.1 Å². The average molecular weight is 545 g/mol. The number of rotatable bonds is 8. The zero-order chi connectivity index (χ0) is 28.2. The van der Waals surface area contributed by atoms with Gasteiger partial charge >= 0.3 is 6.18 Å². The summed E-state index contributed by atoms with van der Waals surface area (Å²) in [5.41, 5.74) is 6.33. The molecule has 1 saturated heterocycles. The first-order valence-corrected chi connectivity index (χ1v) is 12.1. The van der Waals surface area contributed by atoms with Gasteiger partial charge in [0, 0.05) is 61.9 Å². The van der Waals surface area contributed by atoms with Gasteiger partial charge in [-0.15, -0.1) is 0 Å². The summed E-state index contributed by atoms with van der Waals surface area (Å²) in [7, 11) is 1.97. The van der Waals surface area contributed by atoms with Crippen LogP contribution in [0.15, 0.2) is 48.7 Å². The van der Waals surface area contributed by atoms with Gasteiger partial charge in [0.05, 0.1) is 5.56 Å². The summed E-state index contributed by atoms with van der Waals surface area (Å²) in [4.78, 5) is 20.5. The first-order valence-electron chi connectivity index (χ1n) is 12.1. The van der Waals surface area contributed by atoms with Crippen LogP contribution >= 0.6 is 0 Å². The van der Waals surface area contributed by atoms with Crippen molar-refractivity contribution in [2.45, 2.75) is 12.7 Å². The molecular formula is C27H28F4N6O2. The lowest BCUT2D eigenvalue weighted by Crippen LogP contribution is -2.44. The summed E-state index contributed by atoms with van der Waals surface area (Å²) in [6.45, 7) is 2.45. The number of pyridine rings is 1. The molecule has 206 valence electrons. The number of alkyl halides is 3. The van der Waals surface area contributed by atoms with Gasteiger partial charge in [-0.25, -0.2) is 9.37 Å². The quantitative estimate of drug-likeness (QED) is 0.289. The Labute approximate surface area is 222 Å². The summed E-state index contributed by atoms with van der Waals surface area (Å²) in [6.07, 6.45) is -2.11. The molecule has 2 heterocycles. The molecule has 0 spiro atoms. The van der Waals surface area contributed by atoms with Gasteiger partial charge in [0.2, 0.25) is 0 Å². The summed E-state index contributed by atoms with van der Waals surface area (Å²) in [5, 5.41) is 9.76. The van der Waals surface area contributed by atoms with Gasteiger partial charge < -0.3 is 26.1 Å². The van der Waals surface area contributed by atoms with Crippen LogP contribution in [0.2, 0.25) is 0 Å². The van der Waals surface area contributed by atoms with Crippen LogP contribution in [0.25, 0.3) is 11.1 Å². The Bertz CT molecular complexity index is 1360. The van der Waals surface area contributed by atoms with Gasteiger partial charge in [0.1, 0.15) is 5.82 Å². The molecule has 4 rings (SSSR count). The lowest BCUT2D eigenvalue weighted by atomic mass is 10.0. The molecule has 39 heavy (non-hydrogen) atoms. The van der Waals surface area contributed by atoms with E-state index in [4.69, 9.17) is 15.9 Å². The number of halogens is 4. The minimum absolute atomic E-state index is 0.0354. The average Bonchev–Trinajstić information content (AvgIpc) is 2.90. The molecule has 1 aliphatic rings. The van der Waals surface area contributed by atoms with Crippen molar-refractivity contribution in [3.05, 3.63) is 71.2 Å². The molecule has 0 unspecified atom stereocenters. The highest BCUT2D eigenvalue weighted by Crippen LogP contribution is 2.35. The van der Waals surface area contributed by atoms with Crippen LogP contribution in [0.1, 0.15) is 16.7 Å². The number of amides is 1.